The van der Waals surface area contributed by atoms with Crippen LogP contribution in [-0.4, -0.2) is 0 Å². The van der Waals surface area contributed by atoms with Crippen molar-refractivity contribution in [1.82, 2.24) is 0 Å². The molecule has 0 saturated heterocycles. The lowest BCUT2D eigenvalue weighted by Crippen LogP contribution is -1.89. The Labute approximate surface area is 94.7 Å². The SMILES string of the molecule is C=Cc1c(/C=C\C)cc2ccccc2c1F. The van der Waals surface area contributed by atoms with Crippen LogP contribution in [0.5, 0.6) is 0 Å². The van der Waals surface area contributed by atoms with Gasteiger partial charge in [-0.1, -0.05) is 49.1 Å². The topological polar surface area (TPSA) is 0 Å². The van der Waals surface area contributed by atoms with Gasteiger partial charge >= 0.3 is 0 Å². The molecule has 0 saturated carbocycles. The molecular formula is C15H13F. The molecule has 2 aromatic carbocycles. The molecule has 0 atom stereocenters. The van der Waals surface area contributed by atoms with Crippen LogP contribution in [-0.2, 0) is 0 Å². The normalized spacial score (nSPS) is 11.1. The van der Waals surface area contributed by atoms with Crippen molar-refractivity contribution in [2.45, 2.75) is 6.92 Å². The van der Waals surface area contributed by atoms with Crippen molar-refractivity contribution in [3.05, 3.63) is 59.9 Å². The molecule has 0 fully saturated rings. The largest absolute Gasteiger partial charge is 0.206 e. The number of rotatable bonds is 2. The summed E-state index contributed by atoms with van der Waals surface area (Å²) in [5, 5.41) is 1.56. The lowest BCUT2D eigenvalue weighted by molar-refractivity contribution is 0.637. The van der Waals surface area contributed by atoms with E-state index in [1.807, 2.05) is 43.3 Å². The molecule has 16 heavy (non-hydrogen) atoms. The molecule has 0 nitrogen and oxygen atoms in total. The van der Waals surface area contributed by atoms with E-state index in [9.17, 15) is 4.39 Å². The van der Waals surface area contributed by atoms with Crippen molar-refractivity contribution in [2.75, 3.05) is 0 Å². The van der Waals surface area contributed by atoms with Gasteiger partial charge in [-0.25, -0.2) is 4.39 Å². The second kappa shape index (κ2) is 4.31. The maximum Gasteiger partial charge on any atom is 0.138 e. The number of halogens is 1. The summed E-state index contributed by atoms with van der Waals surface area (Å²) in [4.78, 5) is 0. The average Bonchev–Trinajstić information content (AvgIpc) is 2.30. The summed E-state index contributed by atoms with van der Waals surface area (Å²) in [5.41, 5.74) is 1.44. The summed E-state index contributed by atoms with van der Waals surface area (Å²) in [6.07, 6.45) is 5.36. The van der Waals surface area contributed by atoms with Crippen molar-refractivity contribution in [1.29, 1.82) is 0 Å². The molecule has 0 heterocycles. The van der Waals surface area contributed by atoms with Crippen LogP contribution in [0, 0.1) is 5.82 Å². The Bertz CT molecular complexity index is 565. The number of fused-ring (bicyclic) bond motifs is 1. The third kappa shape index (κ3) is 1.65. The summed E-state index contributed by atoms with van der Waals surface area (Å²) in [6.45, 7) is 5.58. The highest BCUT2D eigenvalue weighted by Gasteiger charge is 2.08. The fraction of sp³-hybridized carbons (Fsp3) is 0.0667. The van der Waals surface area contributed by atoms with Crippen molar-refractivity contribution in [3.63, 3.8) is 0 Å². The first kappa shape index (κ1) is 10.6. The zero-order valence-corrected chi connectivity index (χ0v) is 9.20. The molecule has 0 radical (unpaired) electrons. The Morgan fingerprint density at radius 3 is 2.69 bits per heavy atom. The second-order valence-electron chi connectivity index (χ2n) is 3.62. The first-order chi connectivity index (χ1) is 7.77. The quantitative estimate of drug-likeness (QED) is 0.679. The minimum atomic E-state index is -0.193. The van der Waals surface area contributed by atoms with Gasteiger partial charge in [0.05, 0.1) is 0 Å². The van der Waals surface area contributed by atoms with Gasteiger partial charge < -0.3 is 0 Å². The Hall–Kier alpha value is -1.89. The summed E-state index contributed by atoms with van der Waals surface area (Å²) in [5.74, 6) is -0.193. The molecule has 0 bridgehead atoms. The molecule has 0 amide bonds. The van der Waals surface area contributed by atoms with Gasteiger partial charge in [0.2, 0.25) is 0 Å². The van der Waals surface area contributed by atoms with E-state index in [-0.39, 0.29) is 5.82 Å². The van der Waals surface area contributed by atoms with Crippen LogP contribution in [0.2, 0.25) is 0 Å². The summed E-state index contributed by atoms with van der Waals surface area (Å²) in [6, 6.07) is 9.44. The Balaban J connectivity index is 2.86. The maximum absolute atomic E-state index is 14.1. The number of hydrogen-bond donors (Lipinski definition) is 0. The maximum atomic E-state index is 14.1. The van der Waals surface area contributed by atoms with Crippen LogP contribution in [0.3, 0.4) is 0 Å². The van der Waals surface area contributed by atoms with Crippen LogP contribution in [0.15, 0.2) is 43.0 Å². The van der Waals surface area contributed by atoms with Gasteiger partial charge in [0.25, 0.3) is 0 Å². The first-order valence-corrected chi connectivity index (χ1v) is 5.24. The summed E-state index contributed by atoms with van der Waals surface area (Å²) >= 11 is 0. The summed E-state index contributed by atoms with van der Waals surface area (Å²) in [7, 11) is 0. The second-order valence-corrected chi connectivity index (χ2v) is 3.62. The molecule has 2 aromatic rings. The van der Waals surface area contributed by atoms with Crippen LogP contribution >= 0.6 is 0 Å². The highest BCUT2D eigenvalue weighted by molar-refractivity contribution is 5.89. The molecule has 0 N–H and O–H groups in total. The van der Waals surface area contributed by atoms with Gasteiger partial charge in [0.15, 0.2) is 0 Å². The Kier molecular flexibility index (Phi) is 2.86. The van der Waals surface area contributed by atoms with E-state index in [1.54, 1.807) is 12.1 Å². The molecule has 0 aromatic heterocycles. The Morgan fingerprint density at radius 1 is 1.25 bits per heavy atom. The lowest BCUT2D eigenvalue weighted by atomic mass is 9.99. The van der Waals surface area contributed by atoms with E-state index >= 15 is 0 Å². The van der Waals surface area contributed by atoms with Gasteiger partial charge in [0.1, 0.15) is 5.82 Å². The summed E-state index contributed by atoms with van der Waals surface area (Å²) < 4.78 is 14.1. The lowest BCUT2D eigenvalue weighted by Gasteiger charge is -2.07. The number of benzene rings is 2. The molecule has 80 valence electrons. The van der Waals surface area contributed by atoms with Gasteiger partial charge in [-0.15, -0.1) is 0 Å². The first-order valence-electron chi connectivity index (χ1n) is 5.24. The van der Waals surface area contributed by atoms with Crippen molar-refractivity contribution in [3.8, 4) is 0 Å². The number of hydrogen-bond acceptors (Lipinski definition) is 0. The third-order valence-corrected chi connectivity index (χ3v) is 2.61. The van der Waals surface area contributed by atoms with Crippen LogP contribution in [0.4, 0.5) is 4.39 Å². The van der Waals surface area contributed by atoms with E-state index in [0.29, 0.717) is 10.9 Å². The Morgan fingerprint density at radius 2 is 2.00 bits per heavy atom. The highest BCUT2D eigenvalue weighted by atomic mass is 19.1. The van der Waals surface area contributed by atoms with E-state index < -0.39 is 0 Å². The van der Waals surface area contributed by atoms with E-state index in [0.717, 1.165) is 10.9 Å². The van der Waals surface area contributed by atoms with Gasteiger partial charge in [0, 0.05) is 10.9 Å². The van der Waals surface area contributed by atoms with Crippen molar-refractivity contribution >= 4 is 22.9 Å². The molecular weight excluding hydrogens is 199 g/mol. The van der Waals surface area contributed by atoms with Gasteiger partial charge in [-0.3, -0.25) is 0 Å². The van der Waals surface area contributed by atoms with Gasteiger partial charge in [-0.2, -0.15) is 0 Å². The smallest absolute Gasteiger partial charge is 0.138 e. The van der Waals surface area contributed by atoms with E-state index in [2.05, 4.69) is 6.58 Å². The van der Waals surface area contributed by atoms with Crippen LogP contribution in [0.25, 0.3) is 22.9 Å². The zero-order chi connectivity index (χ0) is 11.5. The van der Waals surface area contributed by atoms with Crippen molar-refractivity contribution < 1.29 is 4.39 Å². The minimum Gasteiger partial charge on any atom is -0.206 e. The predicted octanol–water partition coefficient (Wildman–Crippen LogP) is 4.66. The zero-order valence-electron chi connectivity index (χ0n) is 9.20. The van der Waals surface area contributed by atoms with E-state index in [4.69, 9.17) is 0 Å². The molecule has 0 aliphatic carbocycles. The van der Waals surface area contributed by atoms with Crippen LogP contribution in [0.1, 0.15) is 18.1 Å². The highest BCUT2D eigenvalue weighted by Crippen LogP contribution is 2.26. The molecule has 0 aliphatic rings. The third-order valence-electron chi connectivity index (χ3n) is 2.61. The molecule has 1 heteroatoms. The van der Waals surface area contributed by atoms with Crippen LogP contribution < -0.4 is 0 Å². The average molecular weight is 212 g/mol. The fourth-order valence-electron chi connectivity index (χ4n) is 1.86. The molecule has 0 unspecified atom stereocenters. The monoisotopic (exact) mass is 212 g/mol. The number of allylic oxidation sites excluding steroid dienone is 1. The molecule has 2 rings (SSSR count). The minimum absolute atomic E-state index is 0.193. The van der Waals surface area contributed by atoms with E-state index in [1.165, 1.54) is 0 Å². The fourth-order valence-corrected chi connectivity index (χ4v) is 1.86. The van der Waals surface area contributed by atoms with Gasteiger partial charge in [-0.05, 0) is 23.9 Å². The molecule has 0 aliphatic heterocycles. The van der Waals surface area contributed by atoms with Crippen molar-refractivity contribution in [2.24, 2.45) is 0 Å². The molecule has 0 spiro atoms. The standard InChI is InChI=1S/C15H13F/c1-3-7-11-10-12-8-5-6-9-14(12)15(16)13(11)4-2/h3-10H,2H2,1H3/b7-3-. The predicted molar refractivity (Wildman–Crippen MR) is 68.7 cm³/mol.